The molecule has 3 nitrogen and oxygen atoms in total. The number of hydrogen-bond acceptors (Lipinski definition) is 3. The third kappa shape index (κ3) is 2.29. The van der Waals surface area contributed by atoms with Gasteiger partial charge in [-0.1, -0.05) is 6.07 Å². The van der Waals surface area contributed by atoms with E-state index in [0.29, 0.717) is 24.8 Å². The van der Waals surface area contributed by atoms with Crippen molar-refractivity contribution in [3.8, 4) is 0 Å². The molecule has 0 spiro atoms. The maximum Gasteiger partial charge on any atom is 0.433 e. The van der Waals surface area contributed by atoms with Crippen molar-refractivity contribution in [3.63, 3.8) is 0 Å². The zero-order valence-electron chi connectivity index (χ0n) is 10.3. The molecule has 2 heterocycles. The topological polar surface area (TPSA) is 36.4 Å². The van der Waals surface area contributed by atoms with E-state index in [-0.39, 0.29) is 12.0 Å². The predicted octanol–water partition coefficient (Wildman–Crippen LogP) is 2.31. The fourth-order valence-corrected chi connectivity index (χ4v) is 3.18. The van der Waals surface area contributed by atoms with Crippen molar-refractivity contribution in [2.45, 2.75) is 25.1 Å². The summed E-state index contributed by atoms with van der Waals surface area (Å²) >= 11 is 0. The highest BCUT2D eigenvalue weighted by Gasteiger charge is 2.42. The molecule has 6 heteroatoms. The van der Waals surface area contributed by atoms with Crippen LogP contribution < -0.4 is 4.90 Å². The van der Waals surface area contributed by atoms with Gasteiger partial charge in [0.2, 0.25) is 0 Å². The Morgan fingerprint density at radius 3 is 2.68 bits per heavy atom. The molecule has 1 aromatic heterocycles. The average Bonchev–Trinajstić information content (AvgIpc) is 2.91. The fraction of sp³-hybridized carbons (Fsp3) is 0.615. The summed E-state index contributed by atoms with van der Waals surface area (Å²) in [5.74, 6) is 0.916. The summed E-state index contributed by atoms with van der Waals surface area (Å²) in [7, 11) is 0. The van der Waals surface area contributed by atoms with Gasteiger partial charge in [0.15, 0.2) is 0 Å². The van der Waals surface area contributed by atoms with Crippen LogP contribution in [-0.2, 0) is 6.18 Å². The van der Waals surface area contributed by atoms with Gasteiger partial charge in [0, 0.05) is 19.0 Å². The number of alkyl halides is 3. The van der Waals surface area contributed by atoms with E-state index in [0.717, 1.165) is 18.9 Å². The molecule has 0 amide bonds. The first-order valence-electron chi connectivity index (χ1n) is 6.42. The SMILES string of the molecule is OC1CCC2CN(c3cccc(C(F)(F)F)n3)CC12. The minimum atomic E-state index is -4.41. The second-order valence-electron chi connectivity index (χ2n) is 5.35. The van der Waals surface area contributed by atoms with Gasteiger partial charge in [0.05, 0.1) is 6.10 Å². The molecule has 1 N–H and O–H groups in total. The highest BCUT2D eigenvalue weighted by Crippen LogP contribution is 2.39. The smallest absolute Gasteiger partial charge is 0.393 e. The molecule has 1 aliphatic carbocycles. The lowest BCUT2D eigenvalue weighted by Crippen LogP contribution is -2.25. The lowest BCUT2D eigenvalue weighted by atomic mass is 10.00. The number of rotatable bonds is 1. The average molecular weight is 272 g/mol. The minimum absolute atomic E-state index is 0.177. The Labute approximate surface area is 109 Å². The number of anilines is 1. The van der Waals surface area contributed by atoms with Gasteiger partial charge < -0.3 is 10.0 Å². The van der Waals surface area contributed by atoms with Crippen LogP contribution in [0.4, 0.5) is 19.0 Å². The van der Waals surface area contributed by atoms with E-state index in [9.17, 15) is 18.3 Å². The second-order valence-corrected chi connectivity index (χ2v) is 5.35. The summed E-state index contributed by atoms with van der Waals surface area (Å²) in [6.45, 7) is 1.29. The number of aromatic nitrogens is 1. The monoisotopic (exact) mass is 272 g/mol. The third-order valence-electron chi connectivity index (χ3n) is 4.17. The molecule has 1 saturated carbocycles. The Bertz CT molecular complexity index is 477. The highest BCUT2D eigenvalue weighted by atomic mass is 19.4. The van der Waals surface area contributed by atoms with Crippen LogP contribution in [0.3, 0.4) is 0 Å². The molecule has 0 bridgehead atoms. The molecular weight excluding hydrogens is 257 g/mol. The van der Waals surface area contributed by atoms with Crippen molar-refractivity contribution in [3.05, 3.63) is 23.9 Å². The largest absolute Gasteiger partial charge is 0.433 e. The molecule has 104 valence electrons. The van der Waals surface area contributed by atoms with E-state index in [1.54, 1.807) is 6.07 Å². The zero-order chi connectivity index (χ0) is 13.6. The van der Waals surface area contributed by atoms with E-state index >= 15 is 0 Å². The van der Waals surface area contributed by atoms with E-state index in [4.69, 9.17) is 0 Å². The van der Waals surface area contributed by atoms with Crippen LogP contribution in [0.5, 0.6) is 0 Å². The standard InChI is InChI=1S/C13H15F3N2O/c14-13(15,16)11-2-1-3-12(17-11)18-6-8-4-5-10(19)9(8)7-18/h1-3,8-10,19H,4-7H2. The first-order chi connectivity index (χ1) is 8.95. The number of aliphatic hydroxyl groups is 1. The summed E-state index contributed by atoms with van der Waals surface area (Å²) < 4.78 is 37.9. The maximum absolute atomic E-state index is 12.6. The molecule has 1 saturated heterocycles. The Morgan fingerprint density at radius 2 is 2.00 bits per heavy atom. The van der Waals surface area contributed by atoms with Gasteiger partial charge in [-0.25, -0.2) is 4.98 Å². The third-order valence-corrected chi connectivity index (χ3v) is 4.17. The molecule has 0 radical (unpaired) electrons. The fourth-order valence-electron chi connectivity index (χ4n) is 3.18. The Morgan fingerprint density at radius 1 is 1.21 bits per heavy atom. The van der Waals surface area contributed by atoms with Gasteiger partial charge in [-0.3, -0.25) is 0 Å². The molecule has 2 fully saturated rings. The molecular formula is C13H15F3N2O. The molecule has 3 rings (SSSR count). The summed E-state index contributed by atoms with van der Waals surface area (Å²) in [6.07, 6.45) is -2.98. The van der Waals surface area contributed by atoms with E-state index in [1.807, 2.05) is 4.90 Å². The highest BCUT2D eigenvalue weighted by molar-refractivity contribution is 5.41. The molecule has 3 unspecified atom stereocenters. The summed E-state index contributed by atoms with van der Waals surface area (Å²) in [5.41, 5.74) is -0.859. The van der Waals surface area contributed by atoms with Crippen LogP contribution in [0.1, 0.15) is 18.5 Å². The summed E-state index contributed by atoms with van der Waals surface area (Å²) in [4.78, 5) is 5.55. The van der Waals surface area contributed by atoms with Crippen molar-refractivity contribution in [2.24, 2.45) is 11.8 Å². The number of halogens is 3. The van der Waals surface area contributed by atoms with Crippen molar-refractivity contribution in [2.75, 3.05) is 18.0 Å². The molecule has 3 atom stereocenters. The van der Waals surface area contributed by atoms with Gasteiger partial charge in [0.25, 0.3) is 0 Å². The van der Waals surface area contributed by atoms with Crippen molar-refractivity contribution in [1.29, 1.82) is 0 Å². The first-order valence-corrected chi connectivity index (χ1v) is 6.42. The van der Waals surface area contributed by atoms with Gasteiger partial charge in [-0.2, -0.15) is 13.2 Å². The van der Waals surface area contributed by atoms with Crippen molar-refractivity contribution >= 4 is 5.82 Å². The molecule has 0 aromatic carbocycles. The lowest BCUT2D eigenvalue weighted by Gasteiger charge is -2.20. The van der Waals surface area contributed by atoms with Gasteiger partial charge in [0.1, 0.15) is 11.5 Å². The second kappa shape index (κ2) is 4.37. The normalized spacial score (nSPS) is 30.7. The Kier molecular flexibility index (Phi) is 2.92. The molecule has 19 heavy (non-hydrogen) atoms. The summed E-state index contributed by atoms with van der Waals surface area (Å²) in [5, 5.41) is 9.82. The maximum atomic E-state index is 12.6. The molecule has 1 aliphatic heterocycles. The van der Waals surface area contributed by atoms with Crippen LogP contribution in [0.2, 0.25) is 0 Å². The predicted molar refractivity (Wildman–Crippen MR) is 63.7 cm³/mol. The number of aliphatic hydroxyl groups excluding tert-OH is 1. The van der Waals surface area contributed by atoms with Crippen molar-refractivity contribution < 1.29 is 18.3 Å². The van der Waals surface area contributed by atoms with Crippen LogP contribution in [0, 0.1) is 11.8 Å². The van der Waals surface area contributed by atoms with Crippen LogP contribution in [0.25, 0.3) is 0 Å². The number of hydrogen-bond donors (Lipinski definition) is 1. The number of nitrogens with zero attached hydrogens (tertiary/aromatic N) is 2. The van der Waals surface area contributed by atoms with Gasteiger partial charge in [-0.15, -0.1) is 0 Å². The zero-order valence-corrected chi connectivity index (χ0v) is 10.3. The quantitative estimate of drug-likeness (QED) is 0.852. The van der Waals surface area contributed by atoms with E-state index in [1.165, 1.54) is 6.07 Å². The number of pyridine rings is 1. The Hall–Kier alpha value is -1.30. The van der Waals surface area contributed by atoms with E-state index < -0.39 is 11.9 Å². The van der Waals surface area contributed by atoms with E-state index in [2.05, 4.69) is 4.98 Å². The van der Waals surface area contributed by atoms with Crippen LogP contribution in [-0.4, -0.2) is 29.3 Å². The van der Waals surface area contributed by atoms with Gasteiger partial charge >= 0.3 is 6.18 Å². The number of fused-ring (bicyclic) bond motifs is 1. The minimum Gasteiger partial charge on any atom is -0.393 e. The molecule has 1 aromatic rings. The molecule has 2 aliphatic rings. The van der Waals surface area contributed by atoms with Crippen molar-refractivity contribution in [1.82, 2.24) is 4.98 Å². The van der Waals surface area contributed by atoms with Crippen LogP contribution in [0.15, 0.2) is 18.2 Å². The summed E-state index contributed by atoms with van der Waals surface area (Å²) in [6, 6.07) is 3.97. The first kappa shape index (κ1) is 12.7. The lowest BCUT2D eigenvalue weighted by molar-refractivity contribution is -0.141. The van der Waals surface area contributed by atoms with Gasteiger partial charge in [-0.05, 0) is 30.9 Å². The van der Waals surface area contributed by atoms with Crippen LogP contribution >= 0.6 is 0 Å². The Balaban J connectivity index is 1.81.